The zero-order valence-corrected chi connectivity index (χ0v) is 6.36. The van der Waals surface area contributed by atoms with Gasteiger partial charge in [0, 0.05) is 12.2 Å². The highest BCUT2D eigenvalue weighted by atomic mass is 14.9. The fraction of sp³-hybridized carbons (Fsp3) is 0.571. The van der Waals surface area contributed by atoms with E-state index in [0.29, 0.717) is 0 Å². The lowest BCUT2D eigenvalue weighted by Gasteiger charge is -2.03. The van der Waals surface area contributed by atoms with Crippen molar-refractivity contribution in [3.8, 4) is 0 Å². The van der Waals surface area contributed by atoms with E-state index in [9.17, 15) is 0 Å². The highest BCUT2D eigenvalue weighted by Gasteiger charge is 1.88. The molecular formula is C7H14N2. The van der Waals surface area contributed by atoms with E-state index >= 15 is 0 Å². The Kier molecular flexibility index (Phi) is 3.76. The molecule has 0 radical (unpaired) electrons. The minimum Gasteiger partial charge on any atom is -0.387 e. The van der Waals surface area contributed by atoms with E-state index in [2.05, 4.69) is 24.0 Å². The van der Waals surface area contributed by atoms with Crippen molar-refractivity contribution < 1.29 is 0 Å². The zero-order chi connectivity index (χ0) is 7.28. The topological polar surface area (TPSA) is 24.4 Å². The maximum absolute atomic E-state index is 3.77. The van der Waals surface area contributed by atoms with Gasteiger partial charge >= 0.3 is 0 Å². The highest BCUT2D eigenvalue weighted by molar-refractivity contribution is 5.29. The third-order valence-corrected chi connectivity index (χ3v) is 1.22. The third kappa shape index (κ3) is 2.90. The molecule has 1 N–H and O–H groups in total. The second-order valence-electron chi connectivity index (χ2n) is 1.90. The first-order valence-electron chi connectivity index (χ1n) is 3.10. The van der Waals surface area contributed by atoms with Gasteiger partial charge in [0.1, 0.15) is 0 Å². The highest BCUT2D eigenvalue weighted by Crippen LogP contribution is 1.98. The Morgan fingerprint density at radius 3 is 2.44 bits per heavy atom. The quantitative estimate of drug-likeness (QED) is 0.570. The summed E-state index contributed by atoms with van der Waals surface area (Å²) < 4.78 is 0. The molecule has 0 fully saturated rings. The van der Waals surface area contributed by atoms with Gasteiger partial charge in [0.15, 0.2) is 0 Å². The molecule has 2 nitrogen and oxygen atoms in total. The van der Waals surface area contributed by atoms with Gasteiger partial charge in [0.05, 0.1) is 5.70 Å². The average Bonchev–Trinajstić information content (AvgIpc) is 1.87. The molecule has 0 amide bonds. The molecular weight excluding hydrogens is 112 g/mol. The van der Waals surface area contributed by atoms with Gasteiger partial charge in [-0.2, -0.15) is 0 Å². The standard InChI is InChI=1S/C7H14N2/c1-5-9-7(3)6(2)8-4/h9H,4-5H2,1-3H3/b7-6-. The van der Waals surface area contributed by atoms with Crippen LogP contribution in [0.2, 0.25) is 0 Å². The predicted molar refractivity (Wildman–Crippen MR) is 41.6 cm³/mol. The van der Waals surface area contributed by atoms with E-state index in [4.69, 9.17) is 0 Å². The summed E-state index contributed by atoms with van der Waals surface area (Å²) in [5.74, 6) is 0. The summed E-state index contributed by atoms with van der Waals surface area (Å²) in [6.07, 6.45) is 0. The van der Waals surface area contributed by atoms with Crippen LogP contribution in [0.15, 0.2) is 16.4 Å². The molecule has 0 rings (SSSR count). The molecule has 0 aromatic carbocycles. The Balaban J connectivity index is 3.93. The van der Waals surface area contributed by atoms with Gasteiger partial charge in [-0.1, -0.05) is 0 Å². The van der Waals surface area contributed by atoms with Crippen molar-refractivity contribution >= 4 is 6.72 Å². The monoisotopic (exact) mass is 126 g/mol. The first kappa shape index (κ1) is 8.21. The molecule has 0 aliphatic rings. The van der Waals surface area contributed by atoms with Crippen LogP contribution in [0, 0.1) is 0 Å². The molecule has 0 aliphatic heterocycles. The summed E-state index contributed by atoms with van der Waals surface area (Å²) in [4.78, 5) is 3.77. The Morgan fingerprint density at radius 1 is 1.56 bits per heavy atom. The van der Waals surface area contributed by atoms with E-state index in [-0.39, 0.29) is 0 Å². The lowest BCUT2D eigenvalue weighted by Crippen LogP contribution is -2.10. The van der Waals surface area contributed by atoms with Gasteiger partial charge in [0.25, 0.3) is 0 Å². The van der Waals surface area contributed by atoms with E-state index in [1.54, 1.807) is 0 Å². The minimum absolute atomic E-state index is 0.943. The van der Waals surface area contributed by atoms with Crippen molar-refractivity contribution in [2.24, 2.45) is 4.99 Å². The molecule has 0 atom stereocenters. The summed E-state index contributed by atoms with van der Waals surface area (Å²) in [6, 6.07) is 0. The van der Waals surface area contributed by atoms with E-state index in [1.165, 1.54) is 0 Å². The Morgan fingerprint density at radius 2 is 2.11 bits per heavy atom. The van der Waals surface area contributed by atoms with Crippen LogP contribution in [-0.4, -0.2) is 13.3 Å². The van der Waals surface area contributed by atoms with Gasteiger partial charge in [-0.3, -0.25) is 4.99 Å². The van der Waals surface area contributed by atoms with Gasteiger partial charge in [-0.25, -0.2) is 0 Å². The first-order valence-corrected chi connectivity index (χ1v) is 3.10. The first-order chi connectivity index (χ1) is 4.22. The number of allylic oxidation sites excluding steroid dienone is 2. The number of nitrogens with one attached hydrogen (secondary N) is 1. The van der Waals surface area contributed by atoms with Gasteiger partial charge in [-0.05, 0) is 27.5 Å². The summed E-state index contributed by atoms with van der Waals surface area (Å²) in [5.41, 5.74) is 2.07. The number of aliphatic imine (C=N–C) groups is 1. The molecule has 2 heteroatoms. The molecule has 0 saturated carbocycles. The molecule has 0 unspecified atom stereocenters. The summed E-state index contributed by atoms with van der Waals surface area (Å²) in [7, 11) is 0. The van der Waals surface area contributed by atoms with Gasteiger partial charge < -0.3 is 5.32 Å². The summed E-state index contributed by atoms with van der Waals surface area (Å²) in [6.45, 7) is 10.3. The van der Waals surface area contributed by atoms with Crippen LogP contribution < -0.4 is 5.32 Å². The number of nitrogens with zero attached hydrogens (tertiary/aromatic N) is 1. The van der Waals surface area contributed by atoms with E-state index < -0.39 is 0 Å². The lowest BCUT2D eigenvalue weighted by atomic mass is 10.4. The average molecular weight is 126 g/mol. The molecule has 0 spiro atoms. The van der Waals surface area contributed by atoms with Crippen molar-refractivity contribution in [2.45, 2.75) is 20.8 Å². The van der Waals surface area contributed by atoms with Crippen LogP contribution in [0.25, 0.3) is 0 Å². The van der Waals surface area contributed by atoms with Crippen LogP contribution in [0.4, 0.5) is 0 Å². The maximum atomic E-state index is 3.77. The second-order valence-corrected chi connectivity index (χ2v) is 1.90. The number of hydrogen-bond acceptors (Lipinski definition) is 2. The van der Waals surface area contributed by atoms with Crippen LogP contribution >= 0.6 is 0 Å². The Hall–Kier alpha value is -0.790. The van der Waals surface area contributed by atoms with Crippen LogP contribution in [0.3, 0.4) is 0 Å². The molecule has 0 aromatic heterocycles. The smallest absolute Gasteiger partial charge is 0.0551 e. The molecule has 0 bridgehead atoms. The van der Waals surface area contributed by atoms with Crippen LogP contribution in [0.5, 0.6) is 0 Å². The number of rotatable bonds is 3. The predicted octanol–water partition coefficient (Wildman–Crippen LogP) is 1.55. The van der Waals surface area contributed by atoms with Gasteiger partial charge in [-0.15, -0.1) is 0 Å². The van der Waals surface area contributed by atoms with Crippen molar-refractivity contribution in [1.29, 1.82) is 0 Å². The van der Waals surface area contributed by atoms with Crippen molar-refractivity contribution in [2.75, 3.05) is 6.54 Å². The molecule has 0 saturated heterocycles. The fourth-order valence-corrected chi connectivity index (χ4v) is 0.512. The van der Waals surface area contributed by atoms with E-state index in [1.807, 2.05) is 13.8 Å². The Labute approximate surface area is 56.7 Å². The summed E-state index contributed by atoms with van der Waals surface area (Å²) in [5, 5.41) is 3.14. The summed E-state index contributed by atoms with van der Waals surface area (Å²) >= 11 is 0. The van der Waals surface area contributed by atoms with Crippen LogP contribution in [-0.2, 0) is 0 Å². The SMILES string of the molecule is C=N/C(C)=C(/C)NCC. The largest absolute Gasteiger partial charge is 0.387 e. The van der Waals surface area contributed by atoms with Gasteiger partial charge in [0.2, 0.25) is 0 Å². The Bertz CT molecular complexity index is 125. The minimum atomic E-state index is 0.943. The normalized spacial score (nSPS) is 12.3. The fourth-order valence-electron chi connectivity index (χ4n) is 0.512. The maximum Gasteiger partial charge on any atom is 0.0551 e. The van der Waals surface area contributed by atoms with Crippen LogP contribution in [0.1, 0.15) is 20.8 Å². The van der Waals surface area contributed by atoms with Crippen molar-refractivity contribution in [3.63, 3.8) is 0 Å². The molecule has 0 aliphatic carbocycles. The molecule has 52 valence electrons. The van der Waals surface area contributed by atoms with Crippen molar-refractivity contribution in [1.82, 2.24) is 5.32 Å². The zero-order valence-electron chi connectivity index (χ0n) is 6.36. The number of hydrogen-bond donors (Lipinski definition) is 1. The molecule has 0 aromatic rings. The third-order valence-electron chi connectivity index (χ3n) is 1.22. The molecule has 0 heterocycles. The van der Waals surface area contributed by atoms with E-state index in [0.717, 1.165) is 17.9 Å². The lowest BCUT2D eigenvalue weighted by molar-refractivity contribution is 0.835. The molecule has 9 heavy (non-hydrogen) atoms. The second kappa shape index (κ2) is 4.13. The van der Waals surface area contributed by atoms with Crippen molar-refractivity contribution in [3.05, 3.63) is 11.4 Å².